The van der Waals surface area contributed by atoms with Crippen LogP contribution in [0.15, 0.2) is 23.3 Å². The molecule has 2 N–H and O–H groups in total. The lowest BCUT2D eigenvalue weighted by Gasteiger charge is -2.47. The number of phenolic OH excluding ortho intramolecular Hbond substituents is 2. The number of benzene rings is 1. The van der Waals surface area contributed by atoms with Crippen LogP contribution in [0.5, 0.6) is 11.5 Å². The molecule has 0 heterocycles. The van der Waals surface area contributed by atoms with E-state index in [0.29, 0.717) is 19.1 Å². The molecule has 2 aliphatic rings. The lowest BCUT2D eigenvalue weighted by atomic mass is 9.53. The van der Waals surface area contributed by atoms with Crippen molar-refractivity contribution < 1.29 is 24.6 Å². The van der Waals surface area contributed by atoms with E-state index >= 15 is 0 Å². The molecular formula is C25H30O5. The number of aldehydes is 1. The number of ketones is 2. The van der Waals surface area contributed by atoms with Gasteiger partial charge < -0.3 is 10.2 Å². The monoisotopic (exact) mass is 410 g/mol. The minimum Gasteiger partial charge on any atom is -0.504 e. The summed E-state index contributed by atoms with van der Waals surface area (Å²) < 4.78 is 0. The van der Waals surface area contributed by atoms with Crippen molar-refractivity contribution in [3.63, 3.8) is 0 Å². The van der Waals surface area contributed by atoms with Crippen LogP contribution in [-0.2, 0) is 0 Å². The molecule has 0 spiro atoms. The van der Waals surface area contributed by atoms with Crippen molar-refractivity contribution >= 4 is 17.9 Å². The number of phenols is 2. The molecule has 0 fully saturated rings. The Morgan fingerprint density at radius 1 is 1.20 bits per heavy atom. The van der Waals surface area contributed by atoms with Crippen LogP contribution in [0, 0.1) is 17.3 Å². The van der Waals surface area contributed by atoms with Crippen LogP contribution in [0.3, 0.4) is 0 Å². The number of rotatable bonds is 4. The van der Waals surface area contributed by atoms with Crippen molar-refractivity contribution in [3.05, 3.63) is 45.6 Å². The van der Waals surface area contributed by atoms with Gasteiger partial charge in [-0.1, -0.05) is 44.1 Å². The van der Waals surface area contributed by atoms with Gasteiger partial charge in [-0.3, -0.25) is 14.4 Å². The number of aromatic hydroxyl groups is 2. The highest BCUT2D eigenvalue weighted by molar-refractivity contribution is 6.22. The van der Waals surface area contributed by atoms with Crippen molar-refractivity contribution in [3.8, 4) is 11.5 Å². The summed E-state index contributed by atoms with van der Waals surface area (Å²) in [6, 6.07) is 0. The Labute approximate surface area is 177 Å². The van der Waals surface area contributed by atoms with E-state index in [2.05, 4.69) is 6.08 Å². The molecule has 5 heteroatoms. The third-order valence-corrected chi connectivity index (χ3v) is 6.79. The molecule has 2 aliphatic carbocycles. The van der Waals surface area contributed by atoms with Crippen LogP contribution in [0.2, 0.25) is 0 Å². The van der Waals surface area contributed by atoms with E-state index < -0.39 is 22.8 Å². The fourth-order valence-electron chi connectivity index (χ4n) is 5.12. The van der Waals surface area contributed by atoms with E-state index in [1.807, 2.05) is 33.8 Å². The third-order valence-electron chi connectivity index (χ3n) is 6.79. The molecular weight excluding hydrogens is 380 g/mol. The molecule has 1 aromatic carbocycles. The largest absolute Gasteiger partial charge is 0.504 e. The van der Waals surface area contributed by atoms with Crippen LogP contribution in [0.25, 0.3) is 0 Å². The molecule has 0 saturated heterocycles. The molecule has 3 atom stereocenters. The summed E-state index contributed by atoms with van der Waals surface area (Å²) in [4.78, 5) is 39.6. The van der Waals surface area contributed by atoms with Gasteiger partial charge in [0.25, 0.3) is 0 Å². The predicted octanol–water partition coefficient (Wildman–Crippen LogP) is 5.36. The predicted molar refractivity (Wildman–Crippen MR) is 115 cm³/mol. The van der Waals surface area contributed by atoms with Gasteiger partial charge in [-0.2, -0.15) is 0 Å². The average Bonchev–Trinajstić information content (AvgIpc) is 2.67. The van der Waals surface area contributed by atoms with Crippen molar-refractivity contribution in [1.29, 1.82) is 0 Å². The molecule has 3 unspecified atom stereocenters. The standard InChI is InChI=1S/C25H30O5/c1-12(2)7-8-15-14(5)9-10-25(6)20(15)22(28)18-16(11-26)21(27)23(29)17(13(3)4)19(18)24(25)30/h7,9,11,13,15,20,27,29H,8,10H2,1-6H3. The second kappa shape index (κ2) is 7.53. The van der Waals surface area contributed by atoms with Gasteiger partial charge in [-0.05, 0) is 45.4 Å². The quantitative estimate of drug-likeness (QED) is 0.396. The summed E-state index contributed by atoms with van der Waals surface area (Å²) in [5.74, 6) is -2.76. The summed E-state index contributed by atoms with van der Waals surface area (Å²) >= 11 is 0. The molecule has 0 saturated carbocycles. The molecule has 0 radical (unpaired) electrons. The fourth-order valence-corrected chi connectivity index (χ4v) is 5.12. The first kappa shape index (κ1) is 22.0. The first-order valence-electron chi connectivity index (χ1n) is 10.4. The second-order valence-electron chi connectivity index (χ2n) is 9.41. The van der Waals surface area contributed by atoms with Gasteiger partial charge in [0.2, 0.25) is 0 Å². The average molecular weight is 411 g/mol. The Morgan fingerprint density at radius 2 is 1.83 bits per heavy atom. The summed E-state index contributed by atoms with van der Waals surface area (Å²) in [5, 5.41) is 21.0. The second-order valence-corrected chi connectivity index (χ2v) is 9.41. The summed E-state index contributed by atoms with van der Waals surface area (Å²) in [5.41, 5.74) is 1.23. The molecule has 30 heavy (non-hydrogen) atoms. The van der Waals surface area contributed by atoms with Crippen LogP contribution in [0.1, 0.15) is 96.9 Å². The van der Waals surface area contributed by atoms with Gasteiger partial charge >= 0.3 is 0 Å². The molecule has 160 valence electrons. The van der Waals surface area contributed by atoms with Gasteiger partial charge in [0.15, 0.2) is 29.4 Å². The van der Waals surface area contributed by atoms with Crippen molar-refractivity contribution in [2.24, 2.45) is 17.3 Å². The highest BCUT2D eigenvalue weighted by Crippen LogP contribution is 2.55. The van der Waals surface area contributed by atoms with Gasteiger partial charge in [-0.25, -0.2) is 0 Å². The zero-order valence-corrected chi connectivity index (χ0v) is 18.5. The maximum Gasteiger partial charge on any atom is 0.170 e. The lowest BCUT2D eigenvalue weighted by molar-refractivity contribution is 0.0480. The first-order chi connectivity index (χ1) is 14.0. The Balaban J connectivity index is 2.36. The van der Waals surface area contributed by atoms with Gasteiger partial charge in [0, 0.05) is 28.0 Å². The Bertz CT molecular complexity index is 1010. The molecule has 3 rings (SSSR count). The van der Waals surface area contributed by atoms with Crippen molar-refractivity contribution in [2.45, 2.75) is 60.3 Å². The number of carbonyl (C=O) groups excluding carboxylic acids is 3. The molecule has 0 aromatic heterocycles. The maximum absolute atomic E-state index is 13.9. The minimum atomic E-state index is -0.961. The zero-order valence-electron chi connectivity index (χ0n) is 18.5. The summed E-state index contributed by atoms with van der Waals surface area (Å²) in [6.45, 7) is 11.3. The Hall–Kier alpha value is -2.69. The van der Waals surface area contributed by atoms with Crippen LogP contribution in [0.4, 0.5) is 0 Å². The van der Waals surface area contributed by atoms with Crippen LogP contribution < -0.4 is 0 Å². The summed E-state index contributed by atoms with van der Waals surface area (Å²) in [7, 11) is 0. The van der Waals surface area contributed by atoms with E-state index in [9.17, 15) is 24.6 Å². The van der Waals surface area contributed by atoms with E-state index in [4.69, 9.17) is 0 Å². The number of hydrogen-bond acceptors (Lipinski definition) is 5. The highest BCUT2D eigenvalue weighted by atomic mass is 16.3. The van der Waals surface area contributed by atoms with E-state index in [-0.39, 0.29) is 45.7 Å². The molecule has 0 bridgehead atoms. The van der Waals surface area contributed by atoms with Crippen LogP contribution >= 0.6 is 0 Å². The topological polar surface area (TPSA) is 91.7 Å². The highest BCUT2D eigenvalue weighted by Gasteiger charge is 2.56. The van der Waals surface area contributed by atoms with Crippen molar-refractivity contribution in [1.82, 2.24) is 0 Å². The van der Waals surface area contributed by atoms with Gasteiger partial charge in [-0.15, -0.1) is 0 Å². The lowest BCUT2D eigenvalue weighted by Crippen LogP contribution is -2.51. The fraction of sp³-hybridized carbons (Fsp3) is 0.480. The number of fused-ring (bicyclic) bond motifs is 2. The SMILES string of the molecule is CC(C)=CCC1C(C)=CCC2(C)C(=O)c3c(c(C=O)c(O)c(O)c3C(C)C)C(=O)C12. The Kier molecular flexibility index (Phi) is 5.52. The number of allylic oxidation sites excluding steroid dienone is 4. The molecule has 0 amide bonds. The first-order valence-corrected chi connectivity index (χ1v) is 10.4. The number of hydrogen-bond donors (Lipinski definition) is 2. The van der Waals surface area contributed by atoms with E-state index in [1.165, 1.54) is 0 Å². The van der Waals surface area contributed by atoms with E-state index in [1.54, 1.807) is 13.8 Å². The van der Waals surface area contributed by atoms with Crippen LogP contribution in [-0.4, -0.2) is 28.1 Å². The van der Waals surface area contributed by atoms with Crippen molar-refractivity contribution in [2.75, 3.05) is 0 Å². The smallest absolute Gasteiger partial charge is 0.170 e. The van der Waals surface area contributed by atoms with Gasteiger partial charge in [0.1, 0.15) is 0 Å². The number of carbonyl (C=O) groups is 3. The summed E-state index contributed by atoms with van der Waals surface area (Å²) in [6.07, 6.45) is 5.51. The Morgan fingerprint density at radius 3 is 2.37 bits per heavy atom. The third kappa shape index (κ3) is 3.03. The molecule has 0 aliphatic heterocycles. The normalized spacial score (nSPS) is 25.5. The maximum atomic E-state index is 13.9. The zero-order chi connectivity index (χ0) is 22.5. The molecule has 5 nitrogen and oxygen atoms in total. The molecule has 1 aromatic rings. The van der Waals surface area contributed by atoms with E-state index in [0.717, 1.165) is 11.1 Å². The minimum absolute atomic E-state index is 0.0339. The number of Topliss-reactive ketones (excluding diaryl/α,β-unsaturated/α-hetero) is 2. The van der Waals surface area contributed by atoms with Gasteiger partial charge in [0.05, 0.1) is 5.56 Å².